The van der Waals surface area contributed by atoms with E-state index < -0.39 is 31.1 Å². The maximum absolute atomic E-state index is 13.2. The fraction of sp³-hybridized carbons (Fsp3) is 0.359. The number of fused-ring (bicyclic) bond motifs is 1. The van der Waals surface area contributed by atoms with Crippen LogP contribution in [0.15, 0.2) is 97.3 Å². The summed E-state index contributed by atoms with van der Waals surface area (Å²) in [7, 11) is -2.85. The lowest BCUT2D eigenvalue weighted by Crippen LogP contribution is -2.57. The number of carbonyl (C=O) groups excluding carboxylic acids is 1. The van der Waals surface area contributed by atoms with E-state index in [1.807, 2.05) is 59.2 Å². The number of benzene rings is 3. The number of nitriles is 1. The van der Waals surface area contributed by atoms with Crippen LogP contribution in [0, 0.1) is 23.2 Å². The van der Waals surface area contributed by atoms with Crippen LogP contribution in [0.25, 0.3) is 11.2 Å². The molecule has 3 aromatic carbocycles. The highest BCUT2D eigenvalue weighted by Crippen LogP contribution is 2.47. The van der Waals surface area contributed by atoms with E-state index in [4.69, 9.17) is 26.2 Å². The Morgan fingerprint density at radius 3 is 2.08 bits per heavy atom. The van der Waals surface area contributed by atoms with Gasteiger partial charge in [-0.05, 0) is 35.4 Å². The molecule has 6 rings (SSSR count). The number of aromatic nitrogens is 4. The average molecular weight is 755 g/mol. The molecule has 3 atom stereocenters. The van der Waals surface area contributed by atoms with E-state index in [0.717, 1.165) is 16.7 Å². The summed E-state index contributed by atoms with van der Waals surface area (Å²) in [6, 6.07) is 33.2. The maximum atomic E-state index is 13.2. The summed E-state index contributed by atoms with van der Waals surface area (Å²) in [5.41, 5.74) is 3.07. The molecule has 14 heteroatoms. The Labute approximate surface area is 315 Å². The fourth-order valence-corrected chi connectivity index (χ4v) is 7.28. The van der Waals surface area contributed by atoms with Crippen molar-refractivity contribution in [3.8, 4) is 11.9 Å². The molecule has 1 unspecified atom stereocenters. The third-order valence-corrected chi connectivity index (χ3v) is 11.7. The molecule has 1 fully saturated rings. The maximum Gasteiger partial charge on any atom is 0.247 e. The molecule has 1 aliphatic rings. The number of ether oxygens (including phenoxy) is 2. The van der Waals surface area contributed by atoms with Crippen LogP contribution in [-0.2, 0) is 19.6 Å². The van der Waals surface area contributed by atoms with E-state index in [9.17, 15) is 14.6 Å². The minimum Gasteiger partial charge on any atom is -0.475 e. The zero-order valence-corrected chi connectivity index (χ0v) is 32.1. The Morgan fingerprint density at radius 2 is 1.57 bits per heavy atom. The van der Waals surface area contributed by atoms with E-state index in [-0.39, 0.29) is 36.8 Å². The molecular formula is C39H44ClN8O4P. The van der Waals surface area contributed by atoms with Crippen LogP contribution >= 0.6 is 19.1 Å². The van der Waals surface area contributed by atoms with Gasteiger partial charge in [0.05, 0.1) is 30.0 Å². The summed E-state index contributed by atoms with van der Waals surface area (Å²) < 4.78 is 29.2. The molecule has 2 aromatic heterocycles. The number of hydrogen-bond donors (Lipinski definition) is 1. The Morgan fingerprint density at radius 1 is 1.00 bits per heavy atom. The molecule has 1 aliphatic heterocycles. The minimum absolute atomic E-state index is 0.0406. The number of carbonyl (C=O) groups is 1. The quantitative estimate of drug-likeness (QED) is 0.0750. The molecule has 12 nitrogen and oxygen atoms in total. The normalized spacial score (nSPS) is 17.5. The van der Waals surface area contributed by atoms with Gasteiger partial charge < -0.3 is 14.0 Å². The zero-order chi connectivity index (χ0) is 37.8. The number of imidazole rings is 1. The van der Waals surface area contributed by atoms with Crippen LogP contribution in [0.1, 0.15) is 43.7 Å². The van der Waals surface area contributed by atoms with Crippen LogP contribution in [0.2, 0.25) is 0 Å². The molecule has 0 bridgehead atoms. The number of morpholine rings is 1. The molecule has 53 heavy (non-hydrogen) atoms. The van der Waals surface area contributed by atoms with Crippen LogP contribution in [0.5, 0.6) is 5.88 Å². The standard InChI is InChI=1S/C39H44ClN8O4P/c1-27(2)36(49)44-38-43-35-34(37(45-38)51-25-28(3)21-41)42-26-47(35)33-24-46(22-32(52-33)23-48(40)53(4,5)50)39(29-15-9-6-10-16-29,30-17-11-7-12-18-30)31-19-13-8-14-20-31/h6-20,26-28,32-33H,22-25H2,1-5H3,(H,43,44,45,49)/t28?,32-,33+/m0/s1. The van der Waals surface area contributed by atoms with Crippen molar-refractivity contribution in [2.45, 2.75) is 38.6 Å². The molecular weight excluding hydrogens is 711 g/mol. The lowest BCUT2D eigenvalue weighted by Gasteiger charge is -2.51. The predicted octanol–water partition coefficient (Wildman–Crippen LogP) is 7.14. The first-order chi connectivity index (χ1) is 25.4. The van der Waals surface area contributed by atoms with Crippen LogP contribution < -0.4 is 10.1 Å². The second-order valence-corrected chi connectivity index (χ2v) is 17.6. The predicted molar refractivity (Wildman–Crippen MR) is 206 cm³/mol. The lowest BCUT2D eigenvalue weighted by atomic mass is 9.75. The number of nitrogens with zero attached hydrogens (tertiary/aromatic N) is 7. The summed E-state index contributed by atoms with van der Waals surface area (Å²) >= 11 is 6.71. The second-order valence-electron chi connectivity index (χ2n) is 13.9. The Hall–Kier alpha value is -4.63. The summed E-state index contributed by atoms with van der Waals surface area (Å²) in [5, 5.41) is 12.2. The van der Waals surface area contributed by atoms with Gasteiger partial charge in [-0.15, -0.1) is 0 Å². The highest BCUT2D eigenvalue weighted by atomic mass is 35.5. The molecule has 5 aromatic rings. The monoisotopic (exact) mass is 754 g/mol. The number of nitrogens with one attached hydrogen (secondary N) is 1. The van der Waals surface area contributed by atoms with E-state index in [1.54, 1.807) is 40.4 Å². The van der Waals surface area contributed by atoms with E-state index >= 15 is 0 Å². The number of amides is 1. The van der Waals surface area contributed by atoms with Gasteiger partial charge in [-0.2, -0.15) is 19.4 Å². The molecule has 0 spiro atoms. The summed E-state index contributed by atoms with van der Waals surface area (Å²) in [5.74, 6) is -0.835. The minimum atomic E-state index is -2.85. The van der Waals surface area contributed by atoms with Crippen LogP contribution in [-0.4, -0.2) is 80.2 Å². The van der Waals surface area contributed by atoms with Gasteiger partial charge in [0.1, 0.15) is 12.8 Å². The summed E-state index contributed by atoms with van der Waals surface area (Å²) in [6.45, 7) is 9.57. The van der Waals surface area contributed by atoms with E-state index in [0.29, 0.717) is 24.3 Å². The van der Waals surface area contributed by atoms with E-state index in [2.05, 4.69) is 62.7 Å². The van der Waals surface area contributed by atoms with Gasteiger partial charge in [-0.1, -0.05) is 105 Å². The van der Waals surface area contributed by atoms with Crippen molar-refractivity contribution in [2.24, 2.45) is 11.8 Å². The van der Waals surface area contributed by atoms with Crippen molar-refractivity contribution in [3.63, 3.8) is 0 Å². The number of anilines is 1. The molecule has 0 radical (unpaired) electrons. The first kappa shape index (κ1) is 38.1. The summed E-state index contributed by atoms with van der Waals surface area (Å²) in [4.78, 5) is 29.1. The SMILES string of the molecule is CC(C#N)COc1nc(NC(=O)C(C)C)nc2c1ncn2[C@H]1CN(C(c2ccccc2)(c2ccccc2)c2ccccc2)C[C@@H](CN(Cl)P(C)(C)=O)O1. The molecule has 1 N–H and O–H groups in total. The van der Waals surface area contributed by atoms with Gasteiger partial charge >= 0.3 is 0 Å². The van der Waals surface area contributed by atoms with Crippen LogP contribution in [0.3, 0.4) is 0 Å². The van der Waals surface area contributed by atoms with Crippen molar-refractivity contribution in [3.05, 3.63) is 114 Å². The van der Waals surface area contributed by atoms with Crippen molar-refractivity contribution < 1.29 is 18.8 Å². The molecule has 1 saturated heterocycles. The topological polar surface area (TPSA) is 138 Å². The van der Waals surface area contributed by atoms with Gasteiger partial charge in [0.25, 0.3) is 0 Å². The van der Waals surface area contributed by atoms with Gasteiger partial charge in [0.2, 0.25) is 17.7 Å². The van der Waals surface area contributed by atoms with Crippen molar-refractivity contribution in [1.82, 2.24) is 28.6 Å². The Balaban J connectivity index is 1.54. The Bertz CT molecular complexity index is 2010. The highest BCUT2D eigenvalue weighted by Gasteiger charge is 2.47. The van der Waals surface area contributed by atoms with Gasteiger partial charge in [-0.25, -0.2) is 4.98 Å². The van der Waals surface area contributed by atoms with E-state index in [1.165, 1.54) is 4.19 Å². The van der Waals surface area contributed by atoms with Gasteiger partial charge in [0, 0.05) is 38.9 Å². The number of rotatable bonds is 13. The molecule has 1 amide bonds. The van der Waals surface area contributed by atoms with Crippen molar-refractivity contribution in [2.75, 3.05) is 44.9 Å². The first-order valence-corrected chi connectivity index (χ1v) is 20.4. The fourth-order valence-electron chi connectivity index (χ4n) is 6.55. The van der Waals surface area contributed by atoms with Crippen molar-refractivity contribution in [1.29, 1.82) is 5.26 Å². The third-order valence-electron chi connectivity index (χ3n) is 9.23. The number of hydrogen-bond acceptors (Lipinski definition) is 9. The zero-order valence-electron chi connectivity index (χ0n) is 30.5. The molecule has 3 heterocycles. The highest BCUT2D eigenvalue weighted by molar-refractivity contribution is 7.61. The van der Waals surface area contributed by atoms with Gasteiger partial charge in [-0.3, -0.25) is 19.6 Å². The molecule has 0 saturated carbocycles. The van der Waals surface area contributed by atoms with Crippen molar-refractivity contribution >= 4 is 42.1 Å². The Kier molecular flexibility index (Phi) is 11.6. The third kappa shape index (κ3) is 8.15. The van der Waals surface area contributed by atoms with Gasteiger partial charge in [0.15, 0.2) is 18.5 Å². The largest absolute Gasteiger partial charge is 0.475 e. The lowest BCUT2D eigenvalue weighted by molar-refractivity contribution is -0.136. The van der Waals surface area contributed by atoms with Crippen LogP contribution in [0.4, 0.5) is 5.95 Å². The average Bonchev–Trinajstić information content (AvgIpc) is 3.59. The first-order valence-electron chi connectivity index (χ1n) is 17.6. The molecule has 0 aliphatic carbocycles. The smallest absolute Gasteiger partial charge is 0.247 e. The second kappa shape index (κ2) is 16.2. The summed E-state index contributed by atoms with van der Waals surface area (Å²) in [6.07, 6.45) is 0.403. The number of halogens is 1. The molecule has 276 valence electrons.